The zero-order valence-electron chi connectivity index (χ0n) is 11.9. The first kappa shape index (κ1) is 16.4. The van der Waals surface area contributed by atoms with Crippen molar-refractivity contribution in [1.82, 2.24) is 5.32 Å². The Morgan fingerprint density at radius 2 is 2.33 bits per heavy atom. The summed E-state index contributed by atoms with van der Waals surface area (Å²) in [7, 11) is 0. The van der Waals surface area contributed by atoms with Crippen molar-refractivity contribution in [2.24, 2.45) is 0 Å². The van der Waals surface area contributed by atoms with Crippen molar-refractivity contribution in [2.75, 3.05) is 13.2 Å². The molecular weight excluding hydrogens is 313 g/mol. The Kier molecular flexibility index (Phi) is 6.15. The van der Waals surface area contributed by atoms with Gasteiger partial charge in [-0.25, -0.2) is 0 Å². The van der Waals surface area contributed by atoms with Gasteiger partial charge in [0.05, 0.1) is 11.1 Å². The fraction of sp³-hybridized carbons (Fsp3) is 0.533. The Morgan fingerprint density at radius 3 is 3.00 bits per heavy atom. The summed E-state index contributed by atoms with van der Waals surface area (Å²) in [6, 6.07) is 4.94. The van der Waals surface area contributed by atoms with Crippen molar-refractivity contribution >= 4 is 29.1 Å². The maximum Gasteiger partial charge on any atom is 0.261 e. The van der Waals surface area contributed by atoms with Gasteiger partial charge in [-0.1, -0.05) is 30.1 Å². The number of carbonyl (C=O) groups is 1. The molecule has 0 radical (unpaired) electrons. The summed E-state index contributed by atoms with van der Waals surface area (Å²) in [6.07, 6.45) is 2.09. The van der Waals surface area contributed by atoms with Crippen LogP contribution in [0, 0.1) is 0 Å². The van der Waals surface area contributed by atoms with Crippen LogP contribution < -0.4 is 10.1 Å². The second-order valence-corrected chi connectivity index (χ2v) is 5.81. The number of hydrogen-bond donors (Lipinski definition) is 1. The van der Waals surface area contributed by atoms with E-state index in [9.17, 15) is 4.79 Å². The van der Waals surface area contributed by atoms with Crippen LogP contribution in [0.25, 0.3) is 0 Å². The molecule has 1 aromatic carbocycles. The molecule has 1 amide bonds. The number of ether oxygens (including phenoxy) is 2. The number of rotatable bonds is 6. The minimum Gasteiger partial charge on any atom is -0.479 e. The van der Waals surface area contributed by atoms with Crippen LogP contribution in [0.1, 0.15) is 26.2 Å². The van der Waals surface area contributed by atoms with Crippen molar-refractivity contribution in [3.8, 4) is 5.75 Å². The van der Waals surface area contributed by atoms with Crippen LogP contribution in [-0.2, 0) is 9.53 Å². The maximum atomic E-state index is 12.2. The lowest BCUT2D eigenvalue weighted by molar-refractivity contribution is -0.128. The number of nitrogens with one attached hydrogen (secondary N) is 1. The average molecular weight is 332 g/mol. The molecule has 0 aliphatic carbocycles. The summed E-state index contributed by atoms with van der Waals surface area (Å²) in [5.74, 6) is 0.257. The van der Waals surface area contributed by atoms with E-state index in [4.69, 9.17) is 32.7 Å². The Labute approximate surface area is 134 Å². The Hall–Kier alpha value is -0.970. The van der Waals surface area contributed by atoms with Crippen LogP contribution in [0.5, 0.6) is 5.75 Å². The van der Waals surface area contributed by atoms with Crippen LogP contribution in [0.3, 0.4) is 0 Å². The van der Waals surface area contributed by atoms with E-state index in [0.29, 0.717) is 28.8 Å². The minimum atomic E-state index is -0.595. The SMILES string of the molecule is CC[C@H](Oc1cc(Cl)ccc1Cl)C(=O)NC[C@H]1CCCO1. The third-order valence-corrected chi connectivity index (χ3v) is 3.90. The minimum absolute atomic E-state index is 0.112. The highest BCUT2D eigenvalue weighted by atomic mass is 35.5. The second-order valence-electron chi connectivity index (χ2n) is 4.97. The molecule has 1 fully saturated rings. The summed E-state index contributed by atoms with van der Waals surface area (Å²) >= 11 is 12.0. The van der Waals surface area contributed by atoms with E-state index in [1.807, 2.05) is 6.92 Å². The maximum absolute atomic E-state index is 12.2. The van der Waals surface area contributed by atoms with Gasteiger partial charge in [-0.15, -0.1) is 0 Å². The highest BCUT2D eigenvalue weighted by molar-refractivity contribution is 6.34. The van der Waals surface area contributed by atoms with E-state index in [1.54, 1.807) is 18.2 Å². The molecule has 2 atom stereocenters. The van der Waals surface area contributed by atoms with Gasteiger partial charge in [0.25, 0.3) is 5.91 Å². The standard InChI is InChI=1S/C15H19Cl2NO3/c1-2-13(15(19)18-9-11-4-3-7-20-11)21-14-8-10(16)5-6-12(14)17/h5-6,8,11,13H,2-4,7,9H2,1H3,(H,18,19)/t11-,13+/m1/s1. The van der Waals surface area contributed by atoms with Crippen LogP contribution in [0.2, 0.25) is 10.0 Å². The molecule has 0 spiro atoms. The van der Waals surface area contributed by atoms with Crippen molar-refractivity contribution in [2.45, 2.75) is 38.4 Å². The van der Waals surface area contributed by atoms with Gasteiger partial charge in [0, 0.05) is 24.2 Å². The number of carbonyl (C=O) groups excluding carboxylic acids is 1. The van der Waals surface area contributed by atoms with E-state index in [1.165, 1.54) is 0 Å². The fourth-order valence-electron chi connectivity index (χ4n) is 2.18. The molecule has 1 aromatic rings. The normalized spacial score (nSPS) is 19.3. The molecule has 0 saturated carbocycles. The number of benzene rings is 1. The van der Waals surface area contributed by atoms with Crippen molar-refractivity contribution in [3.63, 3.8) is 0 Å². The molecule has 0 unspecified atom stereocenters. The first-order valence-corrected chi connectivity index (χ1v) is 7.86. The van der Waals surface area contributed by atoms with E-state index in [-0.39, 0.29) is 12.0 Å². The highest BCUT2D eigenvalue weighted by Crippen LogP contribution is 2.29. The van der Waals surface area contributed by atoms with Gasteiger partial charge in [0.2, 0.25) is 0 Å². The molecule has 1 N–H and O–H groups in total. The smallest absolute Gasteiger partial charge is 0.261 e. The predicted octanol–water partition coefficient (Wildman–Crippen LogP) is 3.45. The third kappa shape index (κ3) is 4.77. The predicted molar refractivity (Wildman–Crippen MR) is 83.2 cm³/mol. The Balaban J connectivity index is 1.91. The topological polar surface area (TPSA) is 47.6 Å². The fourth-order valence-corrected chi connectivity index (χ4v) is 2.50. The van der Waals surface area contributed by atoms with Crippen LogP contribution >= 0.6 is 23.2 Å². The van der Waals surface area contributed by atoms with Gasteiger partial charge in [-0.05, 0) is 31.4 Å². The Morgan fingerprint density at radius 1 is 1.52 bits per heavy atom. The van der Waals surface area contributed by atoms with Crippen molar-refractivity contribution in [3.05, 3.63) is 28.2 Å². The first-order chi connectivity index (χ1) is 10.1. The van der Waals surface area contributed by atoms with E-state index in [2.05, 4.69) is 5.32 Å². The summed E-state index contributed by atoms with van der Waals surface area (Å²) in [6.45, 7) is 3.17. The van der Waals surface area contributed by atoms with Gasteiger partial charge >= 0.3 is 0 Å². The monoisotopic (exact) mass is 331 g/mol. The lowest BCUT2D eigenvalue weighted by Gasteiger charge is -2.19. The van der Waals surface area contributed by atoms with Crippen LogP contribution in [0.15, 0.2) is 18.2 Å². The van der Waals surface area contributed by atoms with E-state index >= 15 is 0 Å². The summed E-state index contributed by atoms with van der Waals surface area (Å²) in [5.41, 5.74) is 0. The molecule has 6 heteroatoms. The molecule has 1 aliphatic rings. The molecule has 0 bridgehead atoms. The van der Waals surface area contributed by atoms with E-state index in [0.717, 1.165) is 19.4 Å². The first-order valence-electron chi connectivity index (χ1n) is 7.11. The van der Waals surface area contributed by atoms with Gasteiger partial charge < -0.3 is 14.8 Å². The lowest BCUT2D eigenvalue weighted by Crippen LogP contribution is -2.41. The van der Waals surface area contributed by atoms with Crippen LogP contribution in [-0.4, -0.2) is 31.3 Å². The molecule has 1 heterocycles. The highest BCUT2D eigenvalue weighted by Gasteiger charge is 2.22. The summed E-state index contributed by atoms with van der Waals surface area (Å²) in [5, 5.41) is 3.82. The lowest BCUT2D eigenvalue weighted by atomic mass is 10.2. The van der Waals surface area contributed by atoms with Crippen molar-refractivity contribution in [1.29, 1.82) is 0 Å². The zero-order chi connectivity index (χ0) is 15.2. The number of amides is 1. The van der Waals surface area contributed by atoms with Gasteiger partial charge in [0.1, 0.15) is 5.75 Å². The molecule has 2 rings (SSSR count). The average Bonchev–Trinajstić information content (AvgIpc) is 2.99. The molecular formula is C15H19Cl2NO3. The largest absolute Gasteiger partial charge is 0.479 e. The van der Waals surface area contributed by atoms with Gasteiger partial charge in [-0.2, -0.15) is 0 Å². The van der Waals surface area contributed by atoms with E-state index < -0.39 is 6.10 Å². The van der Waals surface area contributed by atoms with Gasteiger partial charge in [0.15, 0.2) is 6.10 Å². The zero-order valence-corrected chi connectivity index (χ0v) is 13.4. The Bertz CT molecular complexity index is 490. The molecule has 1 aliphatic heterocycles. The summed E-state index contributed by atoms with van der Waals surface area (Å²) in [4.78, 5) is 12.2. The van der Waals surface area contributed by atoms with Crippen molar-refractivity contribution < 1.29 is 14.3 Å². The molecule has 4 nitrogen and oxygen atoms in total. The third-order valence-electron chi connectivity index (χ3n) is 3.35. The summed E-state index contributed by atoms with van der Waals surface area (Å²) < 4.78 is 11.2. The quantitative estimate of drug-likeness (QED) is 0.868. The van der Waals surface area contributed by atoms with Gasteiger partial charge in [-0.3, -0.25) is 4.79 Å². The number of hydrogen-bond acceptors (Lipinski definition) is 3. The number of halogens is 2. The molecule has 0 aromatic heterocycles. The molecule has 1 saturated heterocycles. The molecule has 21 heavy (non-hydrogen) atoms. The van der Waals surface area contributed by atoms with Crippen LogP contribution in [0.4, 0.5) is 0 Å². The second kappa shape index (κ2) is 7.87. The molecule has 116 valence electrons.